The predicted octanol–water partition coefficient (Wildman–Crippen LogP) is 3.04. The van der Waals surface area contributed by atoms with Gasteiger partial charge in [0.2, 0.25) is 0 Å². The van der Waals surface area contributed by atoms with Gasteiger partial charge in [-0.1, -0.05) is 12.1 Å². The number of carbonyl (C=O) groups is 1. The summed E-state index contributed by atoms with van der Waals surface area (Å²) >= 11 is 0. The van der Waals surface area contributed by atoms with Crippen molar-refractivity contribution in [2.45, 2.75) is 13.5 Å². The fourth-order valence-corrected chi connectivity index (χ4v) is 2.74. The highest BCUT2D eigenvalue weighted by atomic mass is 19.1. The molecule has 0 aliphatic carbocycles. The van der Waals surface area contributed by atoms with E-state index in [4.69, 9.17) is 10.5 Å². The summed E-state index contributed by atoms with van der Waals surface area (Å²) in [6, 6.07) is 7.54. The number of nitrogens with zero attached hydrogens (tertiary/aromatic N) is 2. The third-order valence-electron chi connectivity index (χ3n) is 3.96. The summed E-state index contributed by atoms with van der Waals surface area (Å²) in [6.45, 7) is 2.63. The van der Waals surface area contributed by atoms with Crippen LogP contribution in [0.1, 0.15) is 28.5 Å². The molecule has 26 heavy (non-hydrogen) atoms. The van der Waals surface area contributed by atoms with Gasteiger partial charge in [0, 0.05) is 17.0 Å². The number of ether oxygens (including phenoxy) is 1. The lowest BCUT2D eigenvalue weighted by Gasteiger charge is -2.09. The first-order chi connectivity index (χ1) is 12.5. The molecule has 0 spiro atoms. The molecule has 134 valence electrons. The maximum atomic E-state index is 13.1. The van der Waals surface area contributed by atoms with E-state index in [-0.39, 0.29) is 17.4 Å². The summed E-state index contributed by atoms with van der Waals surface area (Å²) in [5, 5.41) is 11.0. The second kappa shape index (κ2) is 7.26. The van der Waals surface area contributed by atoms with Crippen LogP contribution < -0.4 is 5.73 Å². The molecule has 0 aliphatic heterocycles. The standard InChI is InChI=1S/C19H18FN3O3/c1-2-26-8-7-14-15-9-17(24)23(11-12-3-5-13(20)6-4-12)16(15)10-22-18(14)19(21)25/h3-10,24H,2,11H2,1H3,(H2,21,25)/b8-7+. The Morgan fingerprint density at radius 2 is 2.12 bits per heavy atom. The van der Waals surface area contributed by atoms with Crippen molar-refractivity contribution < 1.29 is 19.0 Å². The third kappa shape index (κ3) is 3.37. The van der Waals surface area contributed by atoms with E-state index in [1.807, 2.05) is 6.92 Å². The molecule has 1 aromatic carbocycles. The van der Waals surface area contributed by atoms with Gasteiger partial charge in [0.1, 0.15) is 11.5 Å². The number of primary amides is 1. The Bertz CT molecular complexity index is 978. The number of hydrogen-bond acceptors (Lipinski definition) is 4. The van der Waals surface area contributed by atoms with Gasteiger partial charge < -0.3 is 20.1 Å². The van der Waals surface area contributed by atoms with E-state index in [1.165, 1.54) is 24.6 Å². The van der Waals surface area contributed by atoms with Crippen LogP contribution >= 0.6 is 0 Å². The number of halogens is 1. The molecule has 2 aromatic heterocycles. The van der Waals surface area contributed by atoms with Gasteiger partial charge in [0.15, 0.2) is 5.88 Å². The van der Waals surface area contributed by atoms with Crippen LogP contribution in [0.5, 0.6) is 5.88 Å². The molecular weight excluding hydrogens is 337 g/mol. The van der Waals surface area contributed by atoms with E-state index in [9.17, 15) is 14.3 Å². The highest BCUT2D eigenvalue weighted by molar-refractivity contribution is 6.02. The van der Waals surface area contributed by atoms with Crippen molar-refractivity contribution in [3.8, 4) is 5.88 Å². The van der Waals surface area contributed by atoms with Gasteiger partial charge in [0.05, 0.1) is 31.1 Å². The largest absolute Gasteiger partial charge is 0.501 e. The minimum Gasteiger partial charge on any atom is -0.501 e. The zero-order valence-electron chi connectivity index (χ0n) is 14.1. The van der Waals surface area contributed by atoms with Crippen LogP contribution in [0.25, 0.3) is 17.0 Å². The molecule has 0 fully saturated rings. The highest BCUT2D eigenvalue weighted by Gasteiger charge is 2.17. The van der Waals surface area contributed by atoms with Gasteiger partial charge in [-0.05, 0) is 30.7 Å². The van der Waals surface area contributed by atoms with Gasteiger partial charge >= 0.3 is 0 Å². The van der Waals surface area contributed by atoms with E-state index in [1.54, 1.807) is 28.8 Å². The molecule has 0 saturated heterocycles. The van der Waals surface area contributed by atoms with Crippen molar-refractivity contribution in [1.82, 2.24) is 9.55 Å². The van der Waals surface area contributed by atoms with Crippen LogP contribution in [0.4, 0.5) is 4.39 Å². The normalized spacial score (nSPS) is 11.3. The maximum absolute atomic E-state index is 13.1. The first-order valence-corrected chi connectivity index (χ1v) is 8.05. The van der Waals surface area contributed by atoms with Gasteiger partial charge in [-0.2, -0.15) is 0 Å². The number of nitrogens with two attached hydrogens (primary N) is 1. The lowest BCUT2D eigenvalue weighted by Crippen LogP contribution is -2.15. The van der Waals surface area contributed by atoms with E-state index in [2.05, 4.69) is 4.98 Å². The highest BCUT2D eigenvalue weighted by Crippen LogP contribution is 2.30. The number of pyridine rings is 1. The number of aromatic hydroxyl groups is 1. The summed E-state index contributed by atoms with van der Waals surface area (Å²) in [6.07, 6.45) is 4.54. The van der Waals surface area contributed by atoms with Crippen LogP contribution in [-0.4, -0.2) is 27.2 Å². The minimum absolute atomic E-state index is 0.00111. The van der Waals surface area contributed by atoms with Crippen LogP contribution in [0.2, 0.25) is 0 Å². The lowest BCUT2D eigenvalue weighted by atomic mass is 10.1. The average Bonchev–Trinajstić information content (AvgIpc) is 2.93. The van der Waals surface area contributed by atoms with Crippen molar-refractivity contribution in [2.24, 2.45) is 5.73 Å². The van der Waals surface area contributed by atoms with Crippen molar-refractivity contribution >= 4 is 22.9 Å². The van der Waals surface area contributed by atoms with E-state index in [0.717, 1.165) is 5.56 Å². The predicted molar refractivity (Wildman–Crippen MR) is 96.1 cm³/mol. The number of carbonyl (C=O) groups excluding carboxylic acids is 1. The zero-order valence-corrected chi connectivity index (χ0v) is 14.1. The smallest absolute Gasteiger partial charge is 0.267 e. The first kappa shape index (κ1) is 17.5. The third-order valence-corrected chi connectivity index (χ3v) is 3.96. The molecule has 1 amide bonds. The molecule has 3 N–H and O–H groups in total. The number of benzene rings is 1. The number of aromatic nitrogens is 2. The molecule has 0 aliphatic rings. The Balaban J connectivity index is 2.11. The zero-order chi connectivity index (χ0) is 18.7. The molecule has 6 nitrogen and oxygen atoms in total. The number of amides is 1. The Kier molecular flexibility index (Phi) is 4.88. The fourth-order valence-electron chi connectivity index (χ4n) is 2.74. The molecule has 3 rings (SSSR count). The monoisotopic (exact) mass is 355 g/mol. The Morgan fingerprint density at radius 1 is 1.38 bits per heavy atom. The summed E-state index contributed by atoms with van der Waals surface area (Å²) < 4.78 is 19.9. The van der Waals surface area contributed by atoms with Crippen LogP contribution in [0.3, 0.4) is 0 Å². The van der Waals surface area contributed by atoms with E-state index in [0.29, 0.717) is 29.6 Å². The molecular formula is C19H18FN3O3. The molecule has 7 heteroatoms. The van der Waals surface area contributed by atoms with Crippen molar-refractivity contribution in [2.75, 3.05) is 6.61 Å². The summed E-state index contributed by atoms with van der Waals surface area (Å²) in [4.78, 5) is 15.8. The lowest BCUT2D eigenvalue weighted by molar-refractivity contribution is 0.0995. The fraction of sp³-hybridized carbons (Fsp3) is 0.158. The van der Waals surface area contributed by atoms with E-state index < -0.39 is 5.91 Å². The molecule has 0 radical (unpaired) electrons. The van der Waals surface area contributed by atoms with Crippen LogP contribution in [-0.2, 0) is 11.3 Å². The van der Waals surface area contributed by atoms with Gasteiger partial charge in [-0.25, -0.2) is 9.37 Å². The second-order valence-electron chi connectivity index (χ2n) is 5.66. The first-order valence-electron chi connectivity index (χ1n) is 8.05. The number of hydrogen-bond donors (Lipinski definition) is 2. The molecule has 0 atom stereocenters. The summed E-state index contributed by atoms with van der Waals surface area (Å²) in [7, 11) is 0. The molecule has 3 aromatic rings. The van der Waals surface area contributed by atoms with Crippen molar-refractivity contribution in [1.29, 1.82) is 0 Å². The minimum atomic E-state index is -0.672. The maximum Gasteiger partial charge on any atom is 0.267 e. The van der Waals surface area contributed by atoms with Crippen LogP contribution in [0.15, 0.2) is 42.8 Å². The van der Waals surface area contributed by atoms with Gasteiger partial charge in [0.25, 0.3) is 5.91 Å². The van der Waals surface area contributed by atoms with Crippen molar-refractivity contribution in [3.05, 3.63) is 65.4 Å². The molecule has 0 unspecified atom stereocenters. The SMILES string of the molecule is CCO/C=C/c1c(C(N)=O)ncc2c1cc(O)n2Cc1ccc(F)cc1. The summed E-state index contributed by atoms with van der Waals surface area (Å²) in [5.74, 6) is -1.00. The molecule has 0 bridgehead atoms. The quantitative estimate of drug-likeness (QED) is 0.665. The van der Waals surface area contributed by atoms with Crippen molar-refractivity contribution in [3.63, 3.8) is 0 Å². The van der Waals surface area contributed by atoms with Gasteiger partial charge in [-0.15, -0.1) is 0 Å². The molecule has 0 saturated carbocycles. The summed E-state index contributed by atoms with van der Waals surface area (Å²) in [5.41, 5.74) is 7.40. The number of rotatable bonds is 6. The second-order valence-corrected chi connectivity index (χ2v) is 5.66. The topological polar surface area (TPSA) is 90.4 Å². The average molecular weight is 355 g/mol. The Labute approximate surface area is 149 Å². The Morgan fingerprint density at radius 3 is 2.77 bits per heavy atom. The molecule has 2 heterocycles. The van der Waals surface area contributed by atoms with E-state index >= 15 is 0 Å². The Hall–Kier alpha value is -3.35. The van der Waals surface area contributed by atoms with Crippen LogP contribution in [0, 0.1) is 5.82 Å². The number of fused-ring (bicyclic) bond motifs is 1. The van der Waals surface area contributed by atoms with Gasteiger partial charge in [-0.3, -0.25) is 4.79 Å².